The summed E-state index contributed by atoms with van der Waals surface area (Å²) in [5.41, 5.74) is 0.239. The molecule has 12 nitrogen and oxygen atoms in total. The monoisotopic (exact) mass is 734 g/mol. The van der Waals surface area contributed by atoms with Crippen molar-refractivity contribution in [3.63, 3.8) is 0 Å². The van der Waals surface area contributed by atoms with Crippen LogP contribution in [0.2, 0.25) is 0 Å². The number of carbonyl (C=O) groups excluding carboxylic acids is 1. The average Bonchev–Trinajstić information content (AvgIpc) is 3.43. The number of carboxylic acid groups (broad SMARTS) is 1. The molecule has 4 rings (SSSR count). The lowest BCUT2D eigenvalue weighted by molar-refractivity contribution is -0.117. The number of azo groups is 1. The molecule has 0 saturated carbocycles. The molecule has 0 radical (unpaired) electrons. The lowest BCUT2D eigenvalue weighted by Gasteiger charge is -2.15. The van der Waals surface area contributed by atoms with Gasteiger partial charge in [0.15, 0.2) is 6.04 Å². The number of amides is 1. The largest absolute Gasteiger partial charge is 0.507 e. The molecule has 3 N–H and O–H groups in total. The van der Waals surface area contributed by atoms with Crippen LogP contribution < -0.4 is 9.75 Å². The Kier molecular flexibility index (Phi) is 15.8. The molecule has 0 unspecified atom stereocenters. The van der Waals surface area contributed by atoms with Crippen LogP contribution in [-0.2, 0) is 14.9 Å². The van der Waals surface area contributed by atoms with Gasteiger partial charge in [-0.1, -0.05) is 115 Å². The van der Waals surface area contributed by atoms with E-state index in [9.17, 15) is 32.8 Å². The summed E-state index contributed by atoms with van der Waals surface area (Å²) in [6, 6.07) is 14.9. The van der Waals surface area contributed by atoms with Gasteiger partial charge in [0.2, 0.25) is 0 Å². The number of carbonyl (C=O) groups is 2. The molecule has 1 aliphatic heterocycles. The minimum absolute atomic E-state index is 0.0718. The van der Waals surface area contributed by atoms with Crippen molar-refractivity contribution in [2.45, 2.75) is 121 Å². The van der Waals surface area contributed by atoms with Crippen molar-refractivity contribution < 1.29 is 37.5 Å². The maximum absolute atomic E-state index is 13.7. The molecule has 0 fully saturated rings. The average molecular weight is 735 g/mol. The van der Waals surface area contributed by atoms with Gasteiger partial charge in [-0.15, -0.1) is 0 Å². The summed E-state index contributed by atoms with van der Waals surface area (Å²) in [6.07, 6.45) is 18.6. The van der Waals surface area contributed by atoms with Gasteiger partial charge < -0.3 is 14.9 Å². The number of benzene rings is 3. The first-order chi connectivity index (χ1) is 25.1. The van der Waals surface area contributed by atoms with Gasteiger partial charge in [0.05, 0.1) is 17.1 Å². The van der Waals surface area contributed by atoms with E-state index >= 15 is 0 Å². The molecule has 13 heteroatoms. The number of aromatic hydroxyl groups is 1. The third kappa shape index (κ3) is 12.3. The van der Waals surface area contributed by atoms with Crippen LogP contribution in [-0.4, -0.2) is 46.8 Å². The Bertz CT molecular complexity index is 1800. The molecule has 3 aromatic rings. The molecular weight excluding hydrogens is 685 g/mol. The van der Waals surface area contributed by atoms with Crippen LogP contribution in [0.1, 0.15) is 120 Å². The number of carboxylic acids is 1. The minimum Gasteiger partial charge on any atom is -0.507 e. The Morgan fingerprint density at radius 3 is 2.00 bits per heavy atom. The summed E-state index contributed by atoms with van der Waals surface area (Å²) in [5, 5.41) is 33.1. The van der Waals surface area contributed by atoms with E-state index in [4.69, 9.17) is 4.74 Å². The van der Waals surface area contributed by atoms with Gasteiger partial charge in [-0.05, 0) is 61.4 Å². The third-order valence-electron chi connectivity index (χ3n) is 8.94. The van der Waals surface area contributed by atoms with E-state index in [1.54, 1.807) is 30.3 Å². The van der Waals surface area contributed by atoms with Crippen molar-refractivity contribution in [3.8, 4) is 17.2 Å². The second-order valence-corrected chi connectivity index (χ2v) is 14.5. The molecule has 0 aliphatic carbocycles. The minimum atomic E-state index is -4.77. The summed E-state index contributed by atoms with van der Waals surface area (Å²) in [5.74, 6) is -2.16. The number of hydrogen-bond acceptors (Lipinski definition) is 9. The van der Waals surface area contributed by atoms with Crippen molar-refractivity contribution in [2.24, 2.45) is 15.3 Å². The number of unbranched alkanes of at least 4 members (excludes halogenated alkanes) is 14. The smallest absolute Gasteiger partial charge is 0.339 e. The highest BCUT2D eigenvalue weighted by Crippen LogP contribution is 2.35. The zero-order chi connectivity index (χ0) is 37.3. The van der Waals surface area contributed by atoms with Crippen molar-refractivity contribution in [1.82, 2.24) is 0 Å². The van der Waals surface area contributed by atoms with Gasteiger partial charge >= 0.3 is 5.97 Å². The zero-order valence-corrected chi connectivity index (χ0v) is 30.6. The van der Waals surface area contributed by atoms with E-state index in [2.05, 4.69) is 22.3 Å². The molecule has 1 aliphatic rings. The quantitative estimate of drug-likeness (QED) is 0.0489. The first kappa shape index (κ1) is 40.2. The fraction of sp³-hybridized carbons (Fsp3) is 0.462. The number of phenols is 1. The second kappa shape index (κ2) is 20.4. The Morgan fingerprint density at radius 1 is 0.827 bits per heavy atom. The van der Waals surface area contributed by atoms with Gasteiger partial charge in [0, 0.05) is 0 Å². The van der Waals surface area contributed by atoms with E-state index in [-0.39, 0.29) is 22.7 Å². The maximum Gasteiger partial charge on any atom is 0.339 e. The number of para-hydroxylation sites is 1. The maximum atomic E-state index is 13.7. The standard InChI is InChI=1S/C39H50N4O8S/c1-2-3-4-5-6-7-8-9-10-11-12-13-14-15-19-22-33-37(41-40-29-23-25-34(44)32(27-29)39(46)47)38(45)43(42-33)30-24-26-35(36(28-30)52(48,49)50)51-31-20-17-16-18-21-31/h16-18,20-21,23-28,37,44H,2-15,19,22H2,1H3,(H,46,47)(H,48,49,50)/t37-/m0/s1. The van der Waals surface area contributed by atoms with Crippen molar-refractivity contribution in [2.75, 3.05) is 5.01 Å². The second-order valence-electron chi connectivity index (χ2n) is 13.1. The summed E-state index contributed by atoms with van der Waals surface area (Å²) in [4.78, 5) is 24.7. The molecule has 3 aromatic carbocycles. The van der Waals surface area contributed by atoms with Crippen molar-refractivity contribution in [3.05, 3.63) is 72.3 Å². The molecule has 1 atom stereocenters. The number of rotatable bonds is 23. The molecule has 1 heterocycles. The lowest BCUT2D eigenvalue weighted by atomic mass is 10.0. The van der Waals surface area contributed by atoms with Crippen LogP contribution in [0.3, 0.4) is 0 Å². The number of hydrazone groups is 1. The van der Waals surface area contributed by atoms with Crippen LogP contribution in [0.5, 0.6) is 17.2 Å². The first-order valence-corrected chi connectivity index (χ1v) is 19.8. The summed E-state index contributed by atoms with van der Waals surface area (Å²) < 4.78 is 40.5. The van der Waals surface area contributed by atoms with Crippen LogP contribution in [0.25, 0.3) is 0 Å². The fourth-order valence-corrected chi connectivity index (χ4v) is 6.70. The van der Waals surface area contributed by atoms with Crippen LogP contribution >= 0.6 is 0 Å². The zero-order valence-electron chi connectivity index (χ0n) is 29.8. The van der Waals surface area contributed by atoms with E-state index in [0.717, 1.165) is 42.8 Å². The Balaban J connectivity index is 1.40. The van der Waals surface area contributed by atoms with Gasteiger partial charge in [-0.2, -0.15) is 28.8 Å². The number of anilines is 1. The fourth-order valence-electron chi connectivity index (χ4n) is 6.07. The molecule has 1 amide bonds. The summed E-state index contributed by atoms with van der Waals surface area (Å²) in [7, 11) is -4.77. The molecule has 0 spiro atoms. The van der Waals surface area contributed by atoms with Crippen LogP contribution in [0, 0.1) is 0 Å². The highest BCUT2D eigenvalue weighted by atomic mass is 32.2. The van der Waals surface area contributed by atoms with E-state index in [0.29, 0.717) is 17.9 Å². The van der Waals surface area contributed by atoms with E-state index in [1.807, 2.05) is 0 Å². The molecule has 0 aromatic heterocycles. The molecular formula is C39H50N4O8S. The first-order valence-electron chi connectivity index (χ1n) is 18.3. The Labute approximate surface area is 306 Å². The Morgan fingerprint density at radius 2 is 1.42 bits per heavy atom. The topological polar surface area (TPSA) is 179 Å². The van der Waals surface area contributed by atoms with E-state index in [1.165, 1.54) is 94.9 Å². The van der Waals surface area contributed by atoms with E-state index < -0.39 is 38.7 Å². The normalized spacial score (nSPS) is 14.7. The van der Waals surface area contributed by atoms with Crippen molar-refractivity contribution in [1.29, 1.82) is 0 Å². The highest BCUT2D eigenvalue weighted by molar-refractivity contribution is 7.86. The van der Waals surface area contributed by atoms with Gasteiger partial charge in [-0.3, -0.25) is 9.35 Å². The van der Waals surface area contributed by atoms with Crippen molar-refractivity contribution >= 4 is 39.1 Å². The predicted molar refractivity (Wildman–Crippen MR) is 201 cm³/mol. The molecule has 52 heavy (non-hydrogen) atoms. The third-order valence-corrected chi connectivity index (χ3v) is 9.82. The number of nitrogens with zero attached hydrogens (tertiary/aromatic N) is 4. The van der Waals surface area contributed by atoms with Crippen LogP contribution in [0.4, 0.5) is 11.4 Å². The summed E-state index contributed by atoms with van der Waals surface area (Å²) >= 11 is 0. The number of hydrogen-bond donors (Lipinski definition) is 3. The van der Waals surface area contributed by atoms with Crippen LogP contribution in [0.15, 0.2) is 87.0 Å². The van der Waals surface area contributed by atoms with Gasteiger partial charge in [0.25, 0.3) is 16.0 Å². The molecule has 280 valence electrons. The van der Waals surface area contributed by atoms with Gasteiger partial charge in [0.1, 0.15) is 27.7 Å². The number of ether oxygens (including phenoxy) is 1. The molecule has 0 saturated heterocycles. The van der Waals surface area contributed by atoms with Gasteiger partial charge in [-0.25, -0.2) is 4.79 Å². The highest BCUT2D eigenvalue weighted by Gasteiger charge is 2.37. The lowest BCUT2D eigenvalue weighted by Crippen LogP contribution is -2.30. The Hall–Kier alpha value is -4.62. The summed E-state index contributed by atoms with van der Waals surface area (Å²) in [6.45, 7) is 2.24. The predicted octanol–water partition coefficient (Wildman–Crippen LogP) is 10.2. The number of aromatic carboxylic acids is 1. The SMILES string of the molecule is CCCCCCCCCCCCCCCCCC1=NN(c2ccc(Oc3ccccc3)c(S(=O)(=O)O)c2)C(=O)[C@H]1N=Nc1ccc(O)c(C(=O)O)c1. The molecule has 0 bridgehead atoms.